The fourth-order valence-electron chi connectivity index (χ4n) is 3.28. The van der Waals surface area contributed by atoms with Gasteiger partial charge in [0.15, 0.2) is 22.7 Å². The molecule has 0 bridgehead atoms. The Kier molecular flexibility index (Phi) is 6.29. The predicted octanol–water partition coefficient (Wildman–Crippen LogP) is 4.98. The molecule has 0 fully saturated rings. The monoisotopic (exact) mass is 472 g/mol. The first-order chi connectivity index (χ1) is 14.8. The van der Waals surface area contributed by atoms with Gasteiger partial charge in [-0.2, -0.15) is 35.1 Å². The van der Waals surface area contributed by atoms with Crippen molar-refractivity contribution in [1.82, 2.24) is 4.57 Å². The van der Waals surface area contributed by atoms with E-state index in [0.29, 0.717) is 12.3 Å². The summed E-state index contributed by atoms with van der Waals surface area (Å²) in [5.74, 6) is -3.27. The van der Waals surface area contributed by atoms with Gasteiger partial charge in [0.1, 0.15) is 0 Å². The average molecular weight is 472 g/mol. The molecule has 1 atom stereocenters. The Hall–Kier alpha value is -2.99. The maximum atomic E-state index is 14.6. The summed E-state index contributed by atoms with van der Waals surface area (Å²) in [6.07, 6.45) is -4.12. The van der Waals surface area contributed by atoms with E-state index in [2.05, 4.69) is 14.5 Å². The van der Waals surface area contributed by atoms with Gasteiger partial charge in [0, 0.05) is 25.2 Å². The molecule has 13 heteroatoms. The SMILES string of the molecule is Cn1cc(C(F)(F)F)cc(OC(F)F)/c1=N/[C@@]1(C)CCOc2c1ccc(OC(F)F)c2F. The van der Waals surface area contributed by atoms with Crippen molar-refractivity contribution in [2.24, 2.45) is 12.0 Å². The molecule has 1 aromatic carbocycles. The molecule has 5 nitrogen and oxygen atoms in total. The molecule has 176 valence electrons. The highest BCUT2D eigenvalue weighted by molar-refractivity contribution is 5.47. The number of alkyl halides is 7. The number of halogens is 8. The molecule has 0 saturated heterocycles. The van der Waals surface area contributed by atoms with Gasteiger partial charge >= 0.3 is 19.4 Å². The Morgan fingerprint density at radius 3 is 2.31 bits per heavy atom. The number of aromatic nitrogens is 1. The quantitative estimate of drug-likeness (QED) is 0.577. The third-order valence-corrected chi connectivity index (χ3v) is 4.76. The Labute approximate surface area is 175 Å². The van der Waals surface area contributed by atoms with E-state index in [1.54, 1.807) is 0 Å². The molecule has 1 aliphatic rings. The van der Waals surface area contributed by atoms with Crippen LogP contribution in [0.3, 0.4) is 0 Å². The lowest BCUT2D eigenvalue weighted by molar-refractivity contribution is -0.138. The van der Waals surface area contributed by atoms with Crippen LogP contribution >= 0.6 is 0 Å². The minimum absolute atomic E-state index is 0.0609. The van der Waals surface area contributed by atoms with Crippen LogP contribution in [-0.2, 0) is 18.8 Å². The lowest BCUT2D eigenvalue weighted by Gasteiger charge is -2.33. The van der Waals surface area contributed by atoms with Crippen molar-refractivity contribution in [1.29, 1.82) is 0 Å². The first kappa shape index (κ1) is 23.7. The molecule has 0 unspecified atom stereocenters. The van der Waals surface area contributed by atoms with E-state index in [-0.39, 0.29) is 24.1 Å². The number of benzene rings is 1. The summed E-state index contributed by atoms with van der Waals surface area (Å²) in [6, 6.07) is 2.51. The lowest BCUT2D eigenvalue weighted by Crippen LogP contribution is -2.34. The summed E-state index contributed by atoms with van der Waals surface area (Å²) in [5.41, 5.74) is -2.94. The van der Waals surface area contributed by atoms with Crippen LogP contribution in [0.5, 0.6) is 17.2 Å². The van der Waals surface area contributed by atoms with E-state index in [9.17, 15) is 35.1 Å². The maximum absolute atomic E-state index is 14.6. The van der Waals surface area contributed by atoms with Crippen molar-refractivity contribution in [3.63, 3.8) is 0 Å². The molecular weight excluding hydrogens is 456 g/mol. The average Bonchev–Trinajstić information content (AvgIpc) is 2.65. The smallest absolute Gasteiger partial charge is 0.417 e. The number of hydrogen-bond donors (Lipinski definition) is 0. The molecule has 1 aliphatic heterocycles. The third-order valence-electron chi connectivity index (χ3n) is 4.76. The normalized spacial score (nSPS) is 19.2. The first-order valence-corrected chi connectivity index (χ1v) is 9.01. The van der Waals surface area contributed by atoms with Crippen molar-refractivity contribution >= 4 is 0 Å². The highest BCUT2D eigenvalue weighted by Gasteiger charge is 2.37. The number of fused-ring (bicyclic) bond motifs is 1. The number of rotatable bonds is 5. The van der Waals surface area contributed by atoms with Gasteiger partial charge in [-0.15, -0.1) is 0 Å². The summed E-state index contributed by atoms with van der Waals surface area (Å²) in [5, 5.41) is 0. The fourth-order valence-corrected chi connectivity index (χ4v) is 3.28. The van der Waals surface area contributed by atoms with Crippen LogP contribution in [0.4, 0.5) is 35.1 Å². The number of ether oxygens (including phenoxy) is 3. The van der Waals surface area contributed by atoms with E-state index in [4.69, 9.17) is 4.74 Å². The zero-order valence-electron chi connectivity index (χ0n) is 16.5. The van der Waals surface area contributed by atoms with Crippen LogP contribution in [0.15, 0.2) is 29.4 Å². The van der Waals surface area contributed by atoms with E-state index >= 15 is 0 Å². The van der Waals surface area contributed by atoms with Crippen LogP contribution in [0.1, 0.15) is 24.5 Å². The maximum Gasteiger partial charge on any atom is 0.417 e. The zero-order chi connectivity index (χ0) is 23.8. The molecule has 0 saturated carbocycles. The van der Waals surface area contributed by atoms with Crippen LogP contribution in [-0.4, -0.2) is 24.4 Å². The van der Waals surface area contributed by atoms with E-state index in [1.165, 1.54) is 13.0 Å². The van der Waals surface area contributed by atoms with Crippen LogP contribution in [0, 0.1) is 5.82 Å². The van der Waals surface area contributed by atoms with Gasteiger partial charge in [-0.3, -0.25) is 4.99 Å². The van der Waals surface area contributed by atoms with Gasteiger partial charge in [-0.05, 0) is 25.1 Å². The van der Waals surface area contributed by atoms with Gasteiger partial charge in [-0.25, -0.2) is 0 Å². The number of nitrogens with zero attached hydrogens (tertiary/aromatic N) is 2. The molecule has 0 N–H and O–H groups in total. The van der Waals surface area contributed by atoms with Crippen LogP contribution < -0.4 is 19.7 Å². The minimum atomic E-state index is -4.84. The summed E-state index contributed by atoms with van der Waals surface area (Å²) in [4.78, 5) is 4.30. The third kappa shape index (κ3) is 4.75. The fraction of sp³-hybridized carbons (Fsp3) is 0.421. The molecule has 2 heterocycles. The predicted molar refractivity (Wildman–Crippen MR) is 93.1 cm³/mol. The summed E-state index contributed by atoms with van der Waals surface area (Å²) >= 11 is 0. The number of aryl methyl sites for hydroxylation is 1. The van der Waals surface area contributed by atoms with Crippen LogP contribution in [0.2, 0.25) is 0 Å². The second-order valence-electron chi connectivity index (χ2n) is 7.02. The van der Waals surface area contributed by atoms with E-state index < -0.39 is 53.6 Å². The molecule has 3 rings (SSSR count). The molecule has 32 heavy (non-hydrogen) atoms. The highest BCUT2D eigenvalue weighted by atomic mass is 19.4. The van der Waals surface area contributed by atoms with Gasteiger partial charge < -0.3 is 18.8 Å². The van der Waals surface area contributed by atoms with Gasteiger partial charge in [0.2, 0.25) is 5.82 Å². The second kappa shape index (κ2) is 8.51. The Bertz CT molecular complexity index is 1070. The Morgan fingerprint density at radius 2 is 1.72 bits per heavy atom. The molecule has 0 amide bonds. The van der Waals surface area contributed by atoms with Crippen molar-refractivity contribution in [3.8, 4) is 17.2 Å². The van der Waals surface area contributed by atoms with Crippen molar-refractivity contribution < 1.29 is 49.3 Å². The molecular formula is C19H16F8N2O3. The van der Waals surface area contributed by atoms with Gasteiger partial charge in [0.05, 0.1) is 17.7 Å². The molecule has 2 aromatic rings. The van der Waals surface area contributed by atoms with Crippen molar-refractivity contribution in [2.45, 2.75) is 38.3 Å². The summed E-state index contributed by atoms with van der Waals surface area (Å²) < 4.78 is 119. The van der Waals surface area contributed by atoms with E-state index in [0.717, 1.165) is 17.7 Å². The van der Waals surface area contributed by atoms with Crippen molar-refractivity contribution in [3.05, 3.63) is 46.8 Å². The second-order valence-corrected chi connectivity index (χ2v) is 7.02. The Balaban J connectivity index is 2.20. The van der Waals surface area contributed by atoms with Crippen LogP contribution in [0.25, 0.3) is 0 Å². The number of pyridine rings is 1. The molecule has 1 aromatic heterocycles. The molecule has 0 aliphatic carbocycles. The van der Waals surface area contributed by atoms with Gasteiger partial charge in [-0.1, -0.05) is 0 Å². The summed E-state index contributed by atoms with van der Waals surface area (Å²) in [6.45, 7) is -5.40. The number of hydrogen-bond acceptors (Lipinski definition) is 4. The summed E-state index contributed by atoms with van der Waals surface area (Å²) in [7, 11) is 1.15. The Morgan fingerprint density at radius 1 is 1.09 bits per heavy atom. The lowest BCUT2D eigenvalue weighted by atomic mass is 9.86. The highest BCUT2D eigenvalue weighted by Crippen LogP contribution is 2.44. The molecule has 0 radical (unpaired) electrons. The minimum Gasteiger partial charge on any atom is -0.490 e. The topological polar surface area (TPSA) is 45.0 Å². The van der Waals surface area contributed by atoms with Crippen molar-refractivity contribution in [2.75, 3.05) is 6.61 Å². The largest absolute Gasteiger partial charge is 0.490 e. The zero-order valence-corrected chi connectivity index (χ0v) is 16.5. The standard InChI is InChI=1S/C19H16F8N2O3/c1-18(5-6-30-14-10(18)3-4-11(13(14)20)31-16(21)22)28-15-12(32-17(23)24)7-9(8-29(15)2)19(25,26)27/h3-4,7-8,16-17H,5-6H2,1-2H3/b28-15-/t18-/m0/s1. The van der Waals surface area contributed by atoms with E-state index in [1.807, 2.05) is 0 Å². The molecule has 0 spiro atoms. The first-order valence-electron chi connectivity index (χ1n) is 9.01. The van der Waals surface area contributed by atoms with Gasteiger partial charge in [0.25, 0.3) is 0 Å².